The zero-order valence-corrected chi connectivity index (χ0v) is 16.1. The van der Waals surface area contributed by atoms with Crippen molar-refractivity contribution in [2.75, 3.05) is 5.32 Å². The minimum Gasteiger partial charge on any atom is -0.506 e. The normalized spacial score (nSPS) is 10.7. The lowest BCUT2D eigenvalue weighted by atomic mass is 10.2. The Labute approximate surface area is 151 Å². The number of phenols is 1. The van der Waals surface area contributed by atoms with Crippen LogP contribution in [0.3, 0.4) is 0 Å². The maximum Gasteiger partial charge on any atom is 0.139 e. The standard InChI is InChI=1S/C13H8Br3Cl2NO/c14-7-2-9(15)12(10(16)3-7)19-5-6-1-8(17)4-11(18)13(6)20/h1-4,19-20H,5H2. The van der Waals surface area contributed by atoms with Crippen molar-refractivity contribution in [3.8, 4) is 5.75 Å². The van der Waals surface area contributed by atoms with Crippen LogP contribution in [0.4, 0.5) is 5.69 Å². The van der Waals surface area contributed by atoms with Crippen LogP contribution < -0.4 is 5.32 Å². The van der Waals surface area contributed by atoms with E-state index in [1.165, 1.54) is 6.07 Å². The van der Waals surface area contributed by atoms with Crippen molar-refractivity contribution in [1.82, 2.24) is 0 Å². The molecule has 0 saturated carbocycles. The number of halogens is 5. The molecule has 0 aliphatic rings. The highest BCUT2D eigenvalue weighted by molar-refractivity contribution is 9.11. The van der Waals surface area contributed by atoms with E-state index in [2.05, 4.69) is 53.1 Å². The molecular weight excluding hydrogens is 497 g/mol. The minimum absolute atomic E-state index is 0.0351. The number of nitrogens with one attached hydrogen (secondary N) is 1. The van der Waals surface area contributed by atoms with E-state index in [0.717, 1.165) is 19.1 Å². The number of anilines is 1. The van der Waals surface area contributed by atoms with E-state index >= 15 is 0 Å². The molecule has 7 heteroatoms. The summed E-state index contributed by atoms with van der Waals surface area (Å²) in [6.45, 7) is 0.394. The second-order valence-electron chi connectivity index (χ2n) is 3.99. The zero-order valence-electron chi connectivity index (χ0n) is 9.85. The van der Waals surface area contributed by atoms with Crippen molar-refractivity contribution >= 4 is 76.7 Å². The van der Waals surface area contributed by atoms with Crippen molar-refractivity contribution in [3.05, 3.63) is 53.3 Å². The topological polar surface area (TPSA) is 32.3 Å². The van der Waals surface area contributed by atoms with E-state index in [-0.39, 0.29) is 10.8 Å². The molecule has 0 aliphatic carbocycles. The van der Waals surface area contributed by atoms with Crippen LogP contribution >= 0.6 is 71.0 Å². The van der Waals surface area contributed by atoms with E-state index in [4.69, 9.17) is 23.2 Å². The van der Waals surface area contributed by atoms with Gasteiger partial charge in [0.15, 0.2) is 0 Å². The molecule has 0 saturated heterocycles. The number of rotatable bonds is 3. The first-order valence-electron chi connectivity index (χ1n) is 5.44. The Kier molecular flexibility index (Phi) is 5.65. The Morgan fingerprint density at radius 1 is 1.00 bits per heavy atom. The first-order valence-corrected chi connectivity index (χ1v) is 8.57. The van der Waals surface area contributed by atoms with Crippen LogP contribution in [0.5, 0.6) is 5.75 Å². The molecule has 0 bridgehead atoms. The van der Waals surface area contributed by atoms with Crippen LogP contribution in [0.15, 0.2) is 37.7 Å². The molecule has 106 valence electrons. The summed E-state index contributed by atoms with van der Waals surface area (Å²) in [6.07, 6.45) is 0. The van der Waals surface area contributed by atoms with Gasteiger partial charge in [-0.1, -0.05) is 39.1 Å². The van der Waals surface area contributed by atoms with Crippen LogP contribution in [-0.4, -0.2) is 5.11 Å². The van der Waals surface area contributed by atoms with E-state index in [1.807, 2.05) is 12.1 Å². The third kappa shape index (κ3) is 3.83. The van der Waals surface area contributed by atoms with Gasteiger partial charge < -0.3 is 10.4 Å². The molecule has 0 spiro atoms. The van der Waals surface area contributed by atoms with Crippen molar-refractivity contribution < 1.29 is 5.11 Å². The van der Waals surface area contributed by atoms with E-state index in [0.29, 0.717) is 17.1 Å². The molecule has 2 rings (SSSR count). The average molecular weight is 505 g/mol. The summed E-state index contributed by atoms with van der Waals surface area (Å²) in [4.78, 5) is 0. The molecule has 2 aromatic carbocycles. The molecule has 0 amide bonds. The summed E-state index contributed by atoms with van der Waals surface area (Å²) >= 11 is 22.2. The predicted molar refractivity (Wildman–Crippen MR) is 95.0 cm³/mol. The quantitative estimate of drug-likeness (QED) is 0.494. The van der Waals surface area contributed by atoms with Gasteiger partial charge in [0.1, 0.15) is 5.75 Å². The fourth-order valence-electron chi connectivity index (χ4n) is 1.65. The molecule has 2 nitrogen and oxygen atoms in total. The molecule has 20 heavy (non-hydrogen) atoms. The predicted octanol–water partition coefficient (Wildman–Crippen LogP) is 6.60. The molecule has 0 heterocycles. The molecule has 0 atom stereocenters. The summed E-state index contributed by atoms with van der Waals surface area (Å²) in [7, 11) is 0. The summed E-state index contributed by atoms with van der Waals surface area (Å²) in [5.41, 5.74) is 1.51. The lowest BCUT2D eigenvalue weighted by molar-refractivity contribution is 0.469. The maximum absolute atomic E-state index is 9.92. The van der Waals surface area contributed by atoms with E-state index in [1.54, 1.807) is 6.07 Å². The summed E-state index contributed by atoms with van der Waals surface area (Å²) in [6, 6.07) is 7.04. The smallest absolute Gasteiger partial charge is 0.139 e. The number of hydrogen-bond acceptors (Lipinski definition) is 2. The second kappa shape index (κ2) is 6.88. The average Bonchev–Trinajstić information content (AvgIpc) is 2.33. The van der Waals surface area contributed by atoms with Crippen LogP contribution in [-0.2, 0) is 6.54 Å². The Bertz CT molecular complexity index is 641. The Balaban J connectivity index is 2.26. The first-order chi connectivity index (χ1) is 9.38. The van der Waals surface area contributed by atoms with Crippen LogP contribution in [0.1, 0.15) is 5.56 Å². The lowest BCUT2D eigenvalue weighted by Gasteiger charge is -2.13. The summed E-state index contributed by atoms with van der Waals surface area (Å²) in [5, 5.41) is 13.9. The molecule has 0 aromatic heterocycles. The second-order valence-corrected chi connectivity index (χ2v) is 7.46. The lowest BCUT2D eigenvalue weighted by Crippen LogP contribution is -2.01. The highest BCUT2D eigenvalue weighted by atomic mass is 79.9. The zero-order chi connectivity index (χ0) is 14.9. The van der Waals surface area contributed by atoms with Crippen LogP contribution in [0, 0.1) is 0 Å². The highest BCUT2D eigenvalue weighted by Gasteiger charge is 2.10. The highest BCUT2D eigenvalue weighted by Crippen LogP contribution is 2.36. The molecule has 0 radical (unpaired) electrons. The molecular formula is C13H8Br3Cl2NO. The van der Waals surface area contributed by atoms with Gasteiger partial charge in [0.2, 0.25) is 0 Å². The van der Waals surface area contributed by atoms with Gasteiger partial charge in [-0.2, -0.15) is 0 Å². The summed E-state index contributed by atoms with van der Waals surface area (Å²) in [5.74, 6) is 0.0351. The number of hydrogen-bond donors (Lipinski definition) is 2. The van der Waals surface area contributed by atoms with Crippen LogP contribution in [0.25, 0.3) is 0 Å². The van der Waals surface area contributed by atoms with Crippen molar-refractivity contribution in [1.29, 1.82) is 0 Å². The molecule has 0 aliphatic heterocycles. The number of benzene rings is 2. The monoisotopic (exact) mass is 501 g/mol. The Hall–Kier alpha value is 0.0600. The minimum atomic E-state index is 0.0351. The van der Waals surface area contributed by atoms with Crippen molar-refractivity contribution in [2.24, 2.45) is 0 Å². The summed E-state index contributed by atoms with van der Waals surface area (Å²) < 4.78 is 2.74. The van der Waals surface area contributed by atoms with Gasteiger partial charge in [0, 0.05) is 30.5 Å². The Morgan fingerprint density at radius 2 is 1.60 bits per heavy atom. The fraction of sp³-hybridized carbons (Fsp3) is 0.0769. The first kappa shape index (κ1) is 16.4. The maximum atomic E-state index is 9.92. The van der Waals surface area contributed by atoms with Gasteiger partial charge in [-0.15, -0.1) is 0 Å². The van der Waals surface area contributed by atoms with E-state index in [9.17, 15) is 5.11 Å². The van der Waals surface area contributed by atoms with Crippen molar-refractivity contribution in [2.45, 2.75) is 6.54 Å². The van der Waals surface area contributed by atoms with Gasteiger partial charge in [0.25, 0.3) is 0 Å². The fourth-order valence-corrected chi connectivity index (χ4v) is 4.72. The van der Waals surface area contributed by atoms with Crippen LogP contribution in [0.2, 0.25) is 10.0 Å². The Morgan fingerprint density at radius 3 is 2.20 bits per heavy atom. The number of phenolic OH excluding ortho intramolecular Hbond substituents is 1. The third-order valence-corrected chi connectivity index (χ3v) is 4.78. The number of aromatic hydroxyl groups is 1. The molecule has 2 N–H and O–H groups in total. The largest absolute Gasteiger partial charge is 0.506 e. The van der Waals surface area contributed by atoms with Gasteiger partial charge in [-0.25, -0.2) is 0 Å². The molecule has 2 aromatic rings. The van der Waals surface area contributed by atoms with Gasteiger partial charge in [-0.3, -0.25) is 0 Å². The van der Waals surface area contributed by atoms with Gasteiger partial charge in [0.05, 0.1) is 10.7 Å². The van der Waals surface area contributed by atoms with E-state index < -0.39 is 0 Å². The van der Waals surface area contributed by atoms with Gasteiger partial charge in [-0.05, 0) is 56.1 Å². The molecule has 0 unspecified atom stereocenters. The SMILES string of the molecule is Oc1c(Cl)cc(Cl)cc1CNc1c(Br)cc(Br)cc1Br. The molecule has 0 fully saturated rings. The third-order valence-electron chi connectivity index (χ3n) is 2.57. The van der Waals surface area contributed by atoms with Gasteiger partial charge >= 0.3 is 0 Å². The van der Waals surface area contributed by atoms with Crippen molar-refractivity contribution in [3.63, 3.8) is 0 Å².